The highest BCUT2D eigenvalue weighted by molar-refractivity contribution is 5.72. The summed E-state index contributed by atoms with van der Waals surface area (Å²) in [5, 5.41) is 15.7. The lowest BCUT2D eigenvalue weighted by molar-refractivity contribution is -0.141. The van der Waals surface area contributed by atoms with Crippen LogP contribution in [0.15, 0.2) is 0 Å². The highest BCUT2D eigenvalue weighted by Gasteiger charge is 2.11. The van der Waals surface area contributed by atoms with Crippen molar-refractivity contribution >= 4 is 11.9 Å². The molecule has 2 N–H and O–H groups in total. The fraction of sp³-hybridized carbons (Fsp3) is 0.714. The Balaban J connectivity index is 0. The van der Waals surface area contributed by atoms with Crippen LogP contribution in [0.25, 0.3) is 0 Å². The maximum Gasteiger partial charge on any atom is 0.320 e. The van der Waals surface area contributed by atoms with E-state index in [9.17, 15) is 4.79 Å². The van der Waals surface area contributed by atoms with Gasteiger partial charge in [-0.15, -0.1) is 0 Å². The molecule has 0 rings (SSSR count). The first-order chi connectivity index (χ1) is 5.29. The summed E-state index contributed by atoms with van der Waals surface area (Å²) in [6.45, 7) is 2.72. The van der Waals surface area contributed by atoms with Crippen molar-refractivity contribution in [3.05, 3.63) is 0 Å². The van der Waals surface area contributed by atoms with Crippen molar-refractivity contribution in [3.8, 4) is 0 Å². The minimum Gasteiger partial charge on any atom is -0.481 e. The molecule has 0 saturated carbocycles. The number of hydrogen-bond donors (Lipinski definition) is 2. The Hall–Kier alpha value is -1.10. The third kappa shape index (κ3) is 11.7. The third-order valence-corrected chi connectivity index (χ3v) is 1.13. The van der Waals surface area contributed by atoms with Crippen LogP contribution in [0.3, 0.4) is 0 Å². The van der Waals surface area contributed by atoms with Crippen molar-refractivity contribution in [2.24, 2.45) is 0 Å². The number of rotatable bonds is 2. The lowest BCUT2D eigenvalue weighted by Gasteiger charge is -2.13. The molecule has 5 heteroatoms. The predicted molar refractivity (Wildman–Crippen MR) is 44.1 cm³/mol. The van der Waals surface area contributed by atoms with E-state index in [1.54, 1.807) is 25.9 Å². The molecular weight excluding hydrogens is 162 g/mol. The smallest absolute Gasteiger partial charge is 0.320 e. The van der Waals surface area contributed by atoms with E-state index in [0.717, 1.165) is 6.92 Å². The van der Waals surface area contributed by atoms with Gasteiger partial charge in [0.25, 0.3) is 5.97 Å². The van der Waals surface area contributed by atoms with Crippen LogP contribution in [0.2, 0.25) is 0 Å². The van der Waals surface area contributed by atoms with Gasteiger partial charge in [0.2, 0.25) is 0 Å². The summed E-state index contributed by atoms with van der Waals surface area (Å²) in [4.78, 5) is 20.7. The second-order valence-electron chi connectivity index (χ2n) is 2.50. The SMILES string of the molecule is CC(=O)O.CC(C(=O)O)N(C)C. The van der Waals surface area contributed by atoms with Crippen LogP contribution in [0.1, 0.15) is 13.8 Å². The molecule has 0 fully saturated rings. The maximum atomic E-state index is 10.1. The molecule has 0 saturated heterocycles. The van der Waals surface area contributed by atoms with Gasteiger partial charge in [-0.3, -0.25) is 14.5 Å². The first kappa shape index (κ1) is 13.5. The molecule has 0 amide bonds. The second kappa shape index (κ2) is 6.60. The summed E-state index contributed by atoms with van der Waals surface area (Å²) in [5.41, 5.74) is 0. The van der Waals surface area contributed by atoms with Crippen LogP contribution < -0.4 is 0 Å². The van der Waals surface area contributed by atoms with Gasteiger partial charge in [-0.2, -0.15) is 0 Å². The van der Waals surface area contributed by atoms with E-state index in [0.29, 0.717) is 0 Å². The Labute approximate surface area is 71.6 Å². The molecule has 0 aliphatic heterocycles. The Morgan fingerprint density at radius 3 is 1.50 bits per heavy atom. The molecule has 0 spiro atoms. The van der Waals surface area contributed by atoms with Crippen molar-refractivity contribution in [2.45, 2.75) is 19.9 Å². The number of carbonyl (C=O) groups is 2. The van der Waals surface area contributed by atoms with Gasteiger partial charge < -0.3 is 10.2 Å². The second-order valence-corrected chi connectivity index (χ2v) is 2.50. The van der Waals surface area contributed by atoms with Crippen LogP contribution in [-0.2, 0) is 9.59 Å². The van der Waals surface area contributed by atoms with E-state index in [2.05, 4.69) is 0 Å². The fourth-order valence-electron chi connectivity index (χ4n) is 0.221. The number of hydrogen-bond acceptors (Lipinski definition) is 3. The summed E-state index contributed by atoms with van der Waals surface area (Å²) in [6.07, 6.45) is 0. The molecule has 1 unspecified atom stereocenters. The van der Waals surface area contributed by atoms with Gasteiger partial charge in [-0.05, 0) is 21.0 Å². The molecule has 0 aliphatic carbocycles. The van der Waals surface area contributed by atoms with E-state index in [1.165, 1.54) is 0 Å². The molecule has 0 aromatic rings. The lowest BCUT2D eigenvalue weighted by atomic mass is 10.3. The number of carboxylic acids is 2. The molecule has 0 bridgehead atoms. The Kier molecular flexibility index (Phi) is 7.42. The normalized spacial score (nSPS) is 11.4. The largest absolute Gasteiger partial charge is 0.481 e. The standard InChI is InChI=1S/C5H11NO2.C2H4O2/c1-4(5(7)8)6(2)3;1-2(3)4/h4H,1-3H3,(H,7,8);1H3,(H,3,4). The molecule has 72 valence electrons. The van der Waals surface area contributed by atoms with E-state index >= 15 is 0 Å². The van der Waals surface area contributed by atoms with Crippen LogP contribution in [0, 0.1) is 0 Å². The van der Waals surface area contributed by atoms with Crippen molar-refractivity contribution in [3.63, 3.8) is 0 Å². The molecule has 5 nitrogen and oxygen atoms in total. The van der Waals surface area contributed by atoms with Gasteiger partial charge in [0.05, 0.1) is 0 Å². The quantitative estimate of drug-likeness (QED) is 0.626. The van der Waals surface area contributed by atoms with Gasteiger partial charge in [0.15, 0.2) is 0 Å². The van der Waals surface area contributed by atoms with Crippen molar-refractivity contribution in [1.82, 2.24) is 4.90 Å². The van der Waals surface area contributed by atoms with Gasteiger partial charge in [-0.25, -0.2) is 0 Å². The first-order valence-electron chi connectivity index (χ1n) is 3.37. The van der Waals surface area contributed by atoms with Crippen molar-refractivity contribution < 1.29 is 19.8 Å². The summed E-state index contributed by atoms with van der Waals surface area (Å²) < 4.78 is 0. The number of nitrogens with zero attached hydrogens (tertiary/aromatic N) is 1. The van der Waals surface area contributed by atoms with E-state index < -0.39 is 11.9 Å². The summed E-state index contributed by atoms with van der Waals surface area (Å²) in [6, 6.07) is -0.380. The van der Waals surface area contributed by atoms with Gasteiger partial charge in [-0.1, -0.05) is 0 Å². The zero-order valence-electron chi connectivity index (χ0n) is 7.74. The molecular formula is C7H15NO4. The van der Waals surface area contributed by atoms with Gasteiger partial charge in [0.1, 0.15) is 6.04 Å². The van der Waals surface area contributed by atoms with Crippen LogP contribution in [0.5, 0.6) is 0 Å². The molecule has 0 aliphatic rings. The number of likely N-dealkylation sites (N-methyl/N-ethyl adjacent to an activating group) is 1. The first-order valence-corrected chi connectivity index (χ1v) is 3.37. The average Bonchev–Trinajstić information content (AvgIpc) is 1.84. The summed E-state index contributed by atoms with van der Waals surface area (Å²) in [5.74, 6) is -1.62. The highest BCUT2D eigenvalue weighted by Crippen LogP contribution is 1.88. The molecule has 0 aromatic carbocycles. The van der Waals surface area contributed by atoms with E-state index in [4.69, 9.17) is 15.0 Å². The van der Waals surface area contributed by atoms with E-state index in [-0.39, 0.29) is 6.04 Å². The lowest BCUT2D eigenvalue weighted by Crippen LogP contribution is -2.32. The minimum atomic E-state index is -0.833. The van der Waals surface area contributed by atoms with Crippen molar-refractivity contribution in [1.29, 1.82) is 0 Å². The summed E-state index contributed by atoms with van der Waals surface area (Å²) >= 11 is 0. The topological polar surface area (TPSA) is 77.8 Å². The third-order valence-electron chi connectivity index (χ3n) is 1.13. The van der Waals surface area contributed by atoms with Crippen LogP contribution in [0.4, 0.5) is 0 Å². The zero-order valence-corrected chi connectivity index (χ0v) is 7.74. The van der Waals surface area contributed by atoms with Crippen LogP contribution >= 0.6 is 0 Å². The highest BCUT2D eigenvalue weighted by atomic mass is 16.4. The molecule has 12 heavy (non-hydrogen) atoms. The molecule has 1 atom stereocenters. The van der Waals surface area contributed by atoms with Crippen LogP contribution in [-0.4, -0.2) is 47.2 Å². The Bertz CT molecular complexity index is 151. The van der Waals surface area contributed by atoms with Gasteiger partial charge in [0, 0.05) is 6.92 Å². The van der Waals surface area contributed by atoms with Crippen molar-refractivity contribution in [2.75, 3.05) is 14.1 Å². The number of aliphatic carboxylic acids is 2. The molecule has 0 heterocycles. The monoisotopic (exact) mass is 177 g/mol. The molecule has 0 radical (unpaired) electrons. The average molecular weight is 177 g/mol. The fourth-order valence-corrected chi connectivity index (χ4v) is 0.221. The number of carboxylic acid groups (broad SMARTS) is 2. The Morgan fingerprint density at radius 2 is 1.50 bits per heavy atom. The summed E-state index contributed by atoms with van der Waals surface area (Å²) in [7, 11) is 3.47. The van der Waals surface area contributed by atoms with Gasteiger partial charge >= 0.3 is 5.97 Å². The molecule has 0 aromatic heterocycles. The zero-order chi connectivity index (χ0) is 10.3. The maximum absolute atomic E-state index is 10.1. The predicted octanol–water partition coefficient (Wildman–Crippen LogP) is 0.112. The Morgan fingerprint density at radius 1 is 1.25 bits per heavy atom. The minimum absolute atomic E-state index is 0.380. The van der Waals surface area contributed by atoms with E-state index in [1.807, 2.05) is 0 Å².